The minimum absolute atomic E-state index is 0.165. The van der Waals surface area contributed by atoms with Crippen LogP contribution < -0.4 is 4.90 Å². The van der Waals surface area contributed by atoms with E-state index in [1.165, 1.54) is 5.56 Å². The lowest BCUT2D eigenvalue weighted by atomic mass is 9.57. The predicted molar refractivity (Wildman–Crippen MR) is 98.0 cm³/mol. The number of nitrogens with zero attached hydrogens (tertiary/aromatic N) is 3. The number of ether oxygens (including phenoxy) is 1. The number of anilines is 1. The quantitative estimate of drug-likeness (QED) is 0.821. The first-order chi connectivity index (χ1) is 11.5. The fourth-order valence-corrected chi connectivity index (χ4v) is 5.43. The smallest absolute Gasteiger partial charge is 0.208 e. The zero-order valence-corrected chi connectivity index (χ0v) is 15.8. The van der Waals surface area contributed by atoms with Crippen LogP contribution in [0.3, 0.4) is 0 Å². The Bertz CT molecular complexity index is 730. The van der Waals surface area contributed by atoms with Crippen molar-refractivity contribution >= 4 is 28.1 Å². The topological polar surface area (TPSA) is 38.2 Å². The van der Waals surface area contributed by atoms with Crippen molar-refractivity contribution in [2.45, 2.75) is 38.8 Å². The van der Waals surface area contributed by atoms with Gasteiger partial charge >= 0.3 is 0 Å². The van der Waals surface area contributed by atoms with Gasteiger partial charge in [0.25, 0.3) is 0 Å². The van der Waals surface area contributed by atoms with E-state index in [4.69, 9.17) is 16.3 Å². The van der Waals surface area contributed by atoms with Gasteiger partial charge < -0.3 is 9.64 Å². The largest absolute Gasteiger partial charge is 0.377 e. The number of halogens is 1. The lowest BCUT2D eigenvalue weighted by molar-refractivity contribution is -0.101. The van der Waals surface area contributed by atoms with E-state index < -0.39 is 0 Å². The minimum Gasteiger partial charge on any atom is -0.377 e. The summed E-state index contributed by atoms with van der Waals surface area (Å²) in [6, 6.07) is 8.40. The van der Waals surface area contributed by atoms with Gasteiger partial charge in [0.15, 0.2) is 0 Å². The third kappa shape index (κ3) is 2.63. The van der Waals surface area contributed by atoms with Crippen molar-refractivity contribution in [2.75, 3.05) is 18.6 Å². The second kappa shape index (κ2) is 5.97. The number of fused-ring (bicyclic) bond motifs is 1. The Balaban J connectivity index is 1.49. The van der Waals surface area contributed by atoms with E-state index in [1.807, 2.05) is 24.3 Å². The Morgan fingerprint density at radius 1 is 1.29 bits per heavy atom. The third-order valence-corrected chi connectivity index (χ3v) is 6.75. The van der Waals surface area contributed by atoms with Crippen LogP contribution in [0, 0.1) is 11.3 Å². The molecule has 1 aromatic carbocycles. The number of aromatic nitrogens is 2. The second-order valence-electron chi connectivity index (χ2n) is 7.40. The van der Waals surface area contributed by atoms with Gasteiger partial charge in [0, 0.05) is 42.5 Å². The summed E-state index contributed by atoms with van der Waals surface area (Å²) < 4.78 is 5.91. The third-order valence-electron chi connectivity index (χ3n) is 5.48. The molecule has 6 heteroatoms. The molecule has 0 bridgehead atoms. The van der Waals surface area contributed by atoms with E-state index in [0.29, 0.717) is 18.1 Å². The van der Waals surface area contributed by atoms with Crippen LogP contribution in [-0.2, 0) is 11.2 Å². The van der Waals surface area contributed by atoms with Crippen LogP contribution in [0.15, 0.2) is 24.3 Å². The van der Waals surface area contributed by atoms with Gasteiger partial charge in [0.2, 0.25) is 5.13 Å². The predicted octanol–water partition coefficient (Wildman–Crippen LogP) is 4.03. The molecule has 1 saturated heterocycles. The highest BCUT2D eigenvalue weighted by atomic mass is 35.5. The SMILES string of the molecule is CN(c1nnc(Cc2ccc(Cl)cc2)s1)C1C2CCOC2C1(C)C. The summed E-state index contributed by atoms with van der Waals surface area (Å²) in [5.74, 6) is 0.619. The minimum atomic E-state index is 0.165. The molecule has 24 heavy (non-hydrogen) atoms. The van der Waals surface area contributed by atoms with Crippen LogP contribution in [0.25, 0.3) is 0 Å². The van der Waals surface area contributed by atoms with Crippen molar-refractivity contribution in [3.05, 3.63) is 39.9 Å². The van der Waals surface area contributed by atoms with Gasteiger partial charge in [-0.2, -0.15) is 0 Å². The lowest BCUT2D eigenvalue weighted by Gasteiger charge is -2.57. The Kier molecular flexibility index (Phi) is 4.06. The Morgan fingerprint density at radius 2 is 2.04 bits per heavy atom. The fraction of sp³-hybridized carbons (Fsp3) is 0.556. The van der Waals surface area contributed by atoms with E-state index in [-0.39, 0.29) is 5.41 Å². The van der Waals surface area contributed by atoms with E-state index >= 15 is 0 Å². The summed E-state index contributed by atoms with van der Waals surface area (Å²) >= 11 is 7.63. The molecule has 3 unspecified atom stereocenters. The van der Waals surface area contributed by atoms with Crippen LogP contribution in [0.2, 0.25) is 5.02 Å². The zero-order chi connectivity index (χ0) is 16.9. The first-order valence-corrected chi connectivity index (χ1v) is 9.57. The lowest BCUT2D eigenvalue weighted by Crippen LogP contribution is -2.66. The van der Waals surface area contributed by atoms with E-state index in [2.05, 4.69) is 36.0 Å². The van der Waals surface area contributed by atoms with Gasteiger partial charge in [0.05, 0.1) is 6.10 Å². The highest BCUT2D eigenvalue weighted by Gasteiger charge is 2.61. The van der Waals surface area contributed by atoms with Crippen LogP contribution in [0.4, 0.5) is 5.13 Å². The Hall–Kier alpha value is -1.17. The molecule has 128 valence electrons. The van der Waals surface area contributed by atoms with Gasteiger partial charge in [0.1, 0.15) is 5.01 Å². The molecule has 1 aliphatic heterocycles. The molecule has 4 nitrogen and oxygen atoms in total. The molecule has 0 radical (unpaired) electrons. The van der Waals surface area contributed by atoms with E-state index in [0.717, 1.165) is 34.6 Å². The number of hydrogen-bond acceptors (Lipinski definition) is 5. The van der Waals surface area contributed by atoms with Crippen molar-refractivity contribution < 1.29 is 4.74 Å². The maximum Gasteiger partial charge on any atom is 0.208 e. The maximum atomic E-state index is 5.95. The average Bonchev–Trinajstić information content (AvgIpc) is 3.17. The Labute approximate surface area is 151 Å². The molecule has 1 aromatic heterocycles. The molecule has 2 aliphatic rings. The van der Waals surface area contributed by atoms with Crippen LogP contribution in [0.5, 0.6) is 0 Å². The average molecular weight is 364 g/mol. The standard InChI is InChI=1S/C18H22ClN3OS/c1-18(2)15(13-8-9-23-16(13)18)22(3)17-21-20-14(24-17)10-11-4-6-12(19)7-5-11/h4-7,13,15-16H,8-10H2,1-3H3. The first kappa shape index (κ1) is 16.3. The van der Waals surface area contributed by atoms with Gasteiger partial charge in [-0.3, -0.25) is 0 Å². The van der Waals surface area contributed by atoms with Crippen molar-refractivity contribution in [2.24, 2.45) is 11.3 Å². The molecule has 2 fully saturated rings. The first-order valence-electron chi connectivity index (χ1n) is 8.38. The van der Waals surface area contributed by atoms with Crippen molar-refractivity contribution in [1.82, 2.24) is 10.2 Å². The van der Waals surface area contributed by atoms with Gasteiger partial charge in [-0.15, -0.1) is 10.2 Å². The highest BCUT2D eigenvalue weighted by Crippen LogP contribution is 2.55. The number of rotatable bonds is 4. The summed E-state index contributed by atoms with van der Waals surface area (Å²) in [4.78, 5) is 2.32. The summed E-state index contributed by atoms with van der Waals surface area (Å²) in [6.45, 7) is 5.49. The summed E-state index contributed by atoms with van der Waals surface area (Å²) in [7, 11) is 2.15. The van der Waals surface area contributed by atoms with Gasteiger partial charge in [-0.05, 0) is 24.1 Å². The van der Waals surface area contributed by atoms with Crippen molar-refractivity contribution in [3.8, 4) is 0 Å². The monoisotopic (exact) mass is 363 g/mol. The highest BCUT2D eigenvalue weighted by molar-refractivity contribution is 7.15. The molecule has 2 aromatic rings. The molecule has 4 rings (SSSR count). The summed E-state index contributed by atoms with van der Waals surface area (Å²) in [5.41, 5.74) is 1.37. The maximum absolute atomic E-state index is 5.95. The Morgan fingerprint density at radius 3 is 2.79 bits per heavy atom. The van der Waals surface area contributed by atoms with E-state index in [1.54, 1.807) is 11.3 Å². The molecular weight excluding hydrogens is 342 g/mol. The summed E-state index contributed by atoms with van der Waals surface area (Å²) in [5, 5.41) is 11.6. The zero-order valence-electron chi connectivity index (χ0n) is 14.2. The van der Waals surface area contributed by atoms with Gasteiger partial charge in [-0.1, -0.05) is 48.9 Å². The normalized spacial score (nSPS) is 27.6. The molecule has 1 aliphatic carbocycles. The second-order valence-corrected chi connectivity index (χ2v) is 8.88. The molecular formula is C18H22ClN3OS. The molecule has 1 saturated carbocycles. The van der Waals surface area contributed by atoms with Crippen LogP contribution in [0.1, 0.15) is 30.8 Å². The fourth-order valence-electron chi connectivity index (χ4n) is 4.44. The van der Waals surface area contributed by atoms with Crippen LogP contribution >= 0.6 is 22.9 Å². The molecule has 3 atom stereocenters. The number of benzene rings is 1. The number of hydrogen-bond donors (Lipinski definition) is 0. The van der Waals surface area contributed by atoms with Crippen molar-refractivity contribution in [1.29, 1.82) is 0 Å². The van der Waals surface area contributed by atoms with Crippen molar-refractivity contribution in [3.63, 3.8) is 0 Å². The molecule has 2 heterocycles. The molecule has 0 amide bonds. The molecule has 0 spiro atoms. The van der Waals surface area contributed by atoms with E-state index in [9.17, 15) is 0 Å². The van der Waals surface area contributed by atoms with Gasteiger partial charge in [-0.25, -0.2) is 0 Å². The summed E-state index contributed by atoms with van der Waals surface area (Å²) in [6.07, 6.45) is 2.34. The molecule has 0 N–H and O–H groups in total. The van der Waals surface area contributed by atoms with Crippen LogP contribution in [-0.4, -0.2) is 36.0 Å².